The van der Waals surface area contributed by atoms with E-state index in [2.05, 4.69) is 47.1 Å². The Hall–Kier alpha value is -1.65. The molecule has 1 atom stereocenters. The van der Waals surface area contributed by atoms with E-state index in [0.29, 0.717) is 5.92 Å². The lowest BCUT2D eigenvalue weighted by Gasteiger charge is -2.03. The summed E-state index contributed by atoms with van der Waals surface area (Å²) in [6, 6.07) is 2.09. The standard InChI is InChI=1S/C14H23N5/c1-5-10(2)8-14-15-13(16-17-14)6-7-19-12(4)9-11(3)18-19/h9-10H,5-8H2,1-4H3,(H,15,16,17)/t10-/m1/s1. The van der Waals surface area contributed by atoms with Gasteiger partial charge in [0.25, 0.3) is 0 Å². The summed E-state index contributed by atoms with van der Waals surface area (Å²) in [6.45, 7) is 9.36. The molecule has 2 aromatic heterocycles. The van der Waals surface area contributed by atoms with Gasteiger partial charge in [-0.05, 0) is 25.8 Å². The van der Waals surface area contributed by atoms with E-state index in [1.807, 2.05) is 11.6 Å². The molecular formula is C14H23N5. The third-order valence-electron chi connectivity index (χ3n) is 3.47. The minimum Gasteiger partial charge on any atom is -0.269 e. The molecule has 0 fully saturated rings. The molecule has 0 amide bonds. The Labute approximate surface area is 114 Å². The normalized spacial score (nSPS) is 12.8. The Morgan fingerprint density at radius 3 is 2.79 bits per heavy atom. The summed E-state index contributed by atoms with van der Waals surface area (Å²) >= 11 is 0. The summed E-state index contributed by atoms with van der Waals surface area (Å²) in [7, 11) is 0. The molecule has 5 heteroatoms. The lowest BCUT2D eigenvalue weighted by molar-refractivity contribution is 0.544. The van der Waals surface area contributed by atoms with Gasteiger partial charge in [0, 0.05) is 25.1 Å². The molecule has 104 valence electrons. The first-order valence-corrected chi connectivity index (χ1v) is 6.99. The van der Waals surface area contributed by atoms with Crippen molar-refractivity contribution >= 4 is 0 Å². The largest absolute Gasteiger partial charge is 0.269 e. The van der Waals surface area contributed by atoms with Crippen LogP contribution >= 0.6 is 0 Å². The van der Waals surface area contributed by atoms with Gasteiger partial charge in [0.1, 0.15) is 5.82 Å². The smallest absolute Gasteiger partial charge is 0.152 e. The van der Waals surface area contributed by atoms with Crippen molar-refractivity contribution in [1.82, 2.24) is 25.0 Å². The summed E-state index contributed by atoms with van der Waals surface area (Å²) in [5, 5.41) is 11.8. The quantitative estimate of drug-likeness (QED) is 0.869. The molecule has 0 bridgehead atoms. The van der Waals surface area contributed by atoms with Crippen molar-refractivity contribution in [3.63, 3.8) is 0 Å². The maximum atomic E-state index is 4.54. The molecule has 2 aromatic rings. The fraction of sp³-hybridized carbons (Fsp3) is 0.643. The molecule has 0 saturated heterocycles. The van der Waals surface area contributed by atoms with Crippen LogP contribution < -0.4 is 0 Å². The van der Waals surface area contributed by atoms with Crippen molar-refractivity contribution in [2.75, 3.05) is 0 Å². The second kappa shape index (κ2) is 5.99. The maximum absolute atomic E-state index is 4.54. The topological polar surface area (TPSA) is 59.4 Å². The fourth-order valence-corrected chi connectivity index (χ4v) is 2.12. The van der Waals surface area contributed by atoms with Gasteiger partial charge in [-0.3, -0.25) is 9.78 Å². The van der Waals surface area contributed by atoms with Crippen molar-refractivity contribution in [3.05, 3.63) is 29.1 Å². The van der Waals surface area contributed by atoms with Gasteiger partial charge in [0.15, 0.2) is 5.82 Å². The number of nitrogens with zero attached hydrogens (tertiary/aromatic N) is 4. The van der Waals surface area contributed by atoms with Crippen LogP contribution in [0.1, 0.15) is 43.3 Å². The molecule has 2 heterocycles. The number of aromatic nitrogens is 5. The van der Waals surface area contributed by atoms with Crippen LogP contribution in [0.3, 0.4) is 0 Å². The number of H-pyrrole nitrogens is 1. The van der Waals surface area contributed by atoms with Crippen LogP contribution in [-0.2, 0) is 19.4 Å². The zero-order chi connectivity index (χ0) is 13.8. The van der Waals surface area contributed by atoms with Crippen LogP contribution in [0.25, 0.3) is 0 Å². The summed E-state index contributed by atoms with van der Waals surface area (Å²) in [6.07, 6.45) is 2.96. The zero-order valence-electron chi connectivity index (χ0n) is 12.3. The highest BCUT2D eigenvalue weighted by Gasteiger charge is 2.08. The van der Waals surface area contributed by atoms with Gasteiger partial charge >= 0.3 is 0 Å². The summed E-state index contributed by atoms with van der Waals surface area (Å²) in [4.78, 5) is 4.54. The molecule has 0 saturated carbocycles. The van der Waals surface area contributed by atoms with Gasteiger partial charge in [-0.1, -0.05) is 20.3 Å². The van der Waals surface area contributed by atoms with Crippen molar-refractivity contribution < 1.29 is 0 Å². The van der Waals surface area contributed by atoms with Crippen LogP contribution in [0.4, 0.5) is 0 Å². The van der Waals surface area contributed by atoms with E-state index in [9.17, 15) is 0 Å². The number of hydrogen-bond acceptors (Lipinski definition) is 3. The van der Waals surface area contributed by atoms with Crippen molar-refractivity contribution in [2.45, 2.75) is 53.5 Å². The third-order valence-corrected chi connectivity index (χ3v) is 3.47. The molecule has 19 heavy (non-hydrogen) atoms. The molecule has 1 N–H and O–H groups in total. The third kappa shape index (κ3) is 3.66. The molecular weight excluding hydrogens is 238 g/mol. The van der Waals surface area contributed by atoms with E-state index in [-0.39, 0.29) is 0 Å². The maximum Gasteiger partial charge on any atom is 0.152 e. The predicted molar refractivity (Wildman–Crippen MR) is 74.9 cm³/mol. The van der Waals surface area contributed by atoms with Crippen molar-refractivity contribution in [1.29, 1.82) is 0 Å². The Kier molecular flexibility index (Phi) is 4.35. The fourth-order valence-electron chi connectivity index (χ4n) is 2.12. The molecule has 0 aromatic carbocycles. The van der Waals surface area contributed by atoms with Gasteiger partial charge in [0.2, 0.25) is 0 Å². The Morgan fingerprint density at radius 1 is 1.37 bits per heavy atom. The van der Waals surface area contributed by atoms with Crippen LogP contribution in [0.2, 0.25) is 0 Å². The van der Waals surface area contributed by atoms with Gasteiger partial charge in [-0.25, -0.2) is 4.98 Å². The van der Waals surface area contributed by atoms with Crippen LogP contribution in [0, 0.1) is 19.8 Å². The molecule has 5 nitrogen and oxygen atoms in total. The molecule has 0 aliphatic carbocycles. The number of hydrogen-bond donors (Lipinski definition) is 1. The van der Waals surface area contributed by atoms with Gasteiger partial charge in [0.05, 0.1) is 5.69 Å². The minimum atomic E-state index is 0.650. The van der Waals surface area contributed by atoms with Gasteiger partial charge < -0.3 is 0 Å². The monoisotopic (exact) mass is 261 g/mol. The Morgan fingerprint density at radius 2 is 2.16 bits per heavy atom. The highest BCUT2D eigenvalue weighted by molar-refractivity contribution is 5.06. The number of aromatic amines is 1. The second-order valence-electron chi connectivity index (χ2n) is 5.32. The highest BCUT2D eigenvalue weighted by atomic mass is 15.3. The first kappa shape index (κ1) is 13.8. The average Bonchev–Trinajstić information content (AvgIpc) is 2.93. The Balaban J connectivity index is 1.91. The van der Waals surface area contributed by atoms with Crippen molar-refractivity contribution in [2.24, 2.45) is 5.92 Å². The lowest BCUT2D eigenvalue weighted by atomic mass is 10.1. The number of aryl methyl sites for hydroxylation is 4. The first-order chi connectivity index (χ1) is 9.08. The second-order valence-corrected chi connectivity index (χ2v) is 5.32. The summed E-state index contributed by atoms with van der Waals surface area (Å²) in [5.41, 5.74) is 2.25. The first-order valence-electron chi connectivity index (χ1n) is 6.99. The molecule has 2 rings (SSSR count). The molecule has 0 unspecified atom stereocenters. The average molecular weight is 261 g/mol. The van der Waals surface area contributed by atoms with Crippen molar-refractivity contribution in [3.8, 4) is 0 Å². The van der Waals surface area contributed by atoms with E-state index in [1.54, 1.807) is 0 Å². The van der Waals surface area contributed by atoms with E-state index >= 15 is 0 Å². The van der Waals surface area contributed by atoms with Crippen LogP contribution in [-0.4, -0.2) is 25.0 Å². The van der Waals surface area contributed by atoms with E-state index in [1.165, 1.54) is 12.1 Å². The molecule has 0 radical (unpaired) electrons. The zero-order valence-corrected chi connectivity index (χ0v) is 12.3. The van der Waals surface area contributed by atoms with Gasteiger partial charge in [-0.15, -0.1) is 0 Å². The lowest BCUT2D eigenvalue weighted by Crippen LogP contribution is -2.06. The van der Waals surface area contributed by atoms with Crippen LogP contribution in [0.15, 0.2) is 6.07 Å². The molecule has 0 aliphatic rings. The predicted octanol–water partition coefficient (Wildman–Crippen LogP) is 2.45. The number of rotatable bonds is 6. The SMILES string of the molecule is CC[C@@H](C)Cc1nc(CCn2nc(C)cc2C)n[nH]1. The van der Waals surface area contributed by atoms with Gasteiger partial charge in [-0.2, -0.15) is 10.2 Å². The number of nitrogens with one attached hydrogen (secondary N) is 1. The van der Waals surface area contributed by atoms with Crippen LogP contribution in [0.5, 0.6) is 0 Å². The highest BCUT2D eigenvalue weighted by Crippen LogP contribution is 2.08. The van der Waals surface area contributed by atoms with E-state index in [4.69, 9.17) is 0 Å². The molecule has 0 spiro atoms. The minimum absolute atomic E-state index is 0.650. The Bertz CT molecular complexity index is 526. The van der Waals surface area contributed by atoms with E-state index < -0.39 is 0 Å². The summed E-state index contributed by atoms with van der Waals surface area (Å²) in [5.74, 6) is 2.53. The summed E-state index contributed by atoms with van der Waals surface area (Å²) < 4.78 is 2.01. The van der Waals surface area contributed by atoms with E-state index in [0.717, 1.165) is 36.7 Å². The molecule has 0 aliphatic heterocycles.